The van der Waals surface area contributed by atoms with Gasteiger partial charge in [0.15, 0.2) is 16.7 Å². The van der Waals surface area contributed by atoms with Crippen molar-refractivity contribution in [2.24, 2.45) is 0 Å². The lowest BCUT2D eigenvalue weighted by atomic mass is 10.2. The molecule has 1 aromatic heterocycles. The molecule has 0 bridgehead atoms. The number of ether oxygens (including phenoxy) is 3. The summed E-state index contributed by atoms with van der Waals surface area (Å²) < 4.78 is 30.9. The number of benzene rings is 2. The molecule has 8 heteroatoms. The van der Waals surface area contributed by atoms with Crippen LogP contribution in [-0.2, 0) is 0 Å². The average Bonchev–Trinajstić information content (AvgIpc) is 2.71. The molecule has 0 fully saturated rings. The van der Waals surface area contributed by atoms with E-state index in [2.05, 4.69) is 10.9 Å². The minimum atomic E-state index is -0.406. The Bertz CT molecular complexity index is 1120. The Morgan fingerprint density at radius 1 is 1.14 bits per heavy atom. The van der Waals surface area contributed by atoms with Crippen molar-refractivity contribution in [2.45, 2.75) is 5.16 Å². The first-order valence-electron chi connectivity index (χ1n) is 8.13. The molecule has 0 aliphatic carbocycles. The minimum absolute atomic E-state index is 0.267. The Morgan fingerprint density at radius 3 is 2.39 bits per heavy atom. The predicted octanol–water partition coefficient (Wildman–Crippen LogP) is 3.28. The van der Waals surface area contributed by atoms with Crippen molar-refractivity contribution in [3.8, 4) is 35.3 Å². The van der Waals surface area contributed by atoms with Gasteiger partial charge in [-0.3, -0.25) is 9.36 Å². The van der Waals surface area contributed by atoms with Crippen molar-refractivity contribution < 1.29 is 18.6 Å². The summed E-state index contributed by atoms with van der Waals surface area (Å²) in [6, 6.07) is 7.10. The van der Waals surface area contributed by atoms with E-state index in [9.17, 15) is 9.18 Å². The van der Waals surface area contributed by atoms with Gasteiger partial charge in [0.1, 0.15) is 11.3 Å². The van der Waals surface area contributed by atoms with Crippen LogP contribution in [0.25, 0.3) is 16.6 Å². The second-order valence-corrected chi connectivity index (χ2v) is 6.49. The van der Waals surface area contributed by atoms with Crippen molar-refractivity contribution in [3.05, 3.63) is 46.5 Å². The molecule has 2 aromatic carbocycles. The van der Waals surface area contributed by atoms with Gasteiger partial charge in [0, 0.05) is 0 Å². The van der Waals surface area contributed by atoms with E-state index in [0.717, 1.165) is 0 Å². The topological polar surface area (TPSA) is 62.6 Å². The summed E-state index contributed by atoms with van der Waals surface area (Å²) in [4.78, 5) is 17.9. The number of rotatable bonds is 6. The van der Waals surface area contributed by atoms with Gasteiger partial charge in [-0.15, -0.1) is 6.42 Å². The molecular formula is C20H17FN2O4S. The number of terminal acetylenes is 1. The maximum Gasteiger partial charge on any atom is 0.266 e. The molecule has 0 N–H and O–H groups in total. The molecule has 0 atom stereocenters. The normalized spacial score (nSPS) is 10.5. The first-order valence-corrected chi connectivity index (χ1v) is 9.12. The highest BCUT2D eigenvalue weighted by atomic mass is 32.2. The van der Waals surface area contributed by atoms with E-state index in [4.69, 9.17) is 20.6 Å². The predicted molar refractivity (Wildman–Crippen MR) is 107 cm³/mol. The molecule has 144 valence electrons. The van der Waals surface area contributed by atoms with Gasteiger partial charge in [0.05, 0.1) is 38.2 Å². The van der Waals surface area contributed by atoms with Gasteiger partial charge in [-0.25, -0.2) is 9.37 Å². The number of hydrogen-bond acceptors (Lipinski definition) is 6. The van der Waals surface area contributed by atoms with Gasteiger partial charge in [-0.05, 0) is 30.3 Å². The van der Waals surface area contributed by atoms with Crippen LogP contribution in [-0.4, -0.2) is 36.6 Å². The maximum absolute atomic E-state index is 13.4. The molecule has 0 amide bonds. The Balaban J connectivity index is 2.42. The lowest BCUT2D eigenvalue weighted by molar-refractivity contribution is 0.326. The van der Waals surface area contributed by atoms with E-state index >= 15 is 0 Å². The largest absolute Gasteiger partial charge is 0.493 e. The van der Waals surface area contributed by atoms with E-state index in [0.29, 0.717) is 33.6 Å². The highest BCUT2D eigenvalue weighted by Gasteiger charge is 2.22. The van der Waals surface area contributed by atoms with Crippen LogP contribution in [0, 0.1) is 18.2 Å². The molecule has 0 aliphatic rings. The number of thioether (sulfide) groups is 1. The Morgan fingerprint density at radius 2 is 1.82 bits per heavy atom. The van der Waals surface area contributed by atoms with Gasteiger partial charge in [-0.2, -0.15) is 0 Å². The number of fused-ring (bicyclic) bond motifs is 1. The van der Waals surface area contributed by atoms with Gasteiger partial charge < -0.3 is 14.2 Å². The van der Waals surface area contributed by atoms with Crippen LogP contribution in [0.15, 0.2) is 40.3 Å². The third kappa shape index (κ3) is 3.37. The lowest BCUT2D eigenvalue weighted by Crippen LogP contribution is -2.22. The molecule has 6 nitrogen and oxygen atoms in total. The molecule has 28 heavy (non-hydrogen) atoms. The second kappa shape index (κ2) is 8.23. The Labute approximate surface area is 165 Å². The monoisotopic (exact) mass is 400 g/mol. The lowest BCUT2D eigenvalue weighted by Gasteiger charge is -2.17. The van der Waals surface area contributed by atoms with Gasteiger partial charge in [0.25, 0.3) is 5.56 Å². The van der Waals surface area contributed by atoms with Crippen LogP contribution in [0.4, 0.5) is 4.39 Å². The molecule has 3 rings (SSSR count). The summed E-state index contributed by atoms with van der Waals surface area (Å²) in [5, 5.41) is 0.622. The van der Waals surface area contributed by atoms with E-state index in [1.54, 1.807) is 6.07 Å². The number of aromatic nitrogens is 2. The van der Waals surface area contributed by atoms with Crippen LogP contribution in [0.3, 0.4) is 0 Å². The molecule has 0 unspecified atom stereocenters. The molecule has 0 spiro atoms. The standard InChI is InChI=1S/C20H17FN2O4S/c1-5-10-28-20-22-16-14(11-15(25-2)17(26-3)18(16)27-4)19(24)23(20)13-8-6-12(21)7-9-13/h1,6-9,11H,10H2,2-4H3. The maximum atomic E-state index is 13.4. The van der Waals surface area contributed by atoms with Crippen LogP contribution in [0.1, 0.15) is 0 Å². The van der Waals surface area contributed by atoms with Gasteiger partial charge in [0.2, 0.25) is 5.75 Å². The highest BCUT2D eigenvalue weighted by molar-refractivity contribution is 7.99. The van der Waals surface area contributed by atoms with Crippen molar-refractivity contribution in [1.82, 2.24) is 9.55 Å². The number of nitrogens with zero attached hydrogens (tertiary/aromatic N) is 2. The van der Waals surface area contributed by atoms with Crippen molar-refractivity contribution in [3.63, 3.8) is 0 Å². The van der Waals surface area contributed by atoms with Gasteiger partial charge in [-0.1, -0.05) is 17.7 Å². The second-order valence-electron chi connectivity index (χ2n) is 5.55. The minimum Gasteiger partial charge on any atom is -0.493 e. The van der Waals surface area contributed by atoms with E-state index in [-0.39, 0.29) is 16.7 Å². The van der Waals surface area contributed by atoms with E-state index in [1.165, 1.54) is 61.9 Å². The number of hydrogen-bond donors (Lipinski definition) is 0. The summed E-state index contributed by atoms with van der Waals surface area (Å²) in [6.45, 7) is 0. The zero-order chi connectivity index (χ0) is 20.3. The fraction of sp³-hybridized carbons (Fsp3) is 0.200. The quantitative estimate of drug-likeness (QED) is 0.360. The van der Waals surface area contributed by atoms with E-state index in [1.807, 2.05) is 0 Å². The summed E-state index contributed by atoms with van der Waals surface area (Å²) in [7, 11) is 4.39. The molecule has 0 saturated carbocycles. The summed E-state index contributed by atoms with van der Waals surface area (Å²) in [5.74, 6) is 3.35. The highest BCUT2D eigenvalue weighted by Crippen LogP contribution is 2.42. The molecule has 3 aromatic rings. The van der Waals surface area contributed by atoms with Crippen LogP contribution < -0.4 is 19.8 Å². The fourth-order valence-corrected chi connectivity index (χ4v) is 3.47. The van der Waals surface area contributed by atoms with Crippen molar-refractivity contribution >= 4 is 22.7 Å². The zero-order valence-electron chi connectivity index (χ0n) is 15.5. The summed E-state index contributed by atoms with van der Waals surface area (Å²) in [6.07, 6.45) is 5.38. The first kappa shape index (κ1) is 19.6. The zero-order valence-corrected chi connectivity index (χ0v) is 16.3. The van der Waals surface area contributed by atoms with Crippen molar-refractivity contribution in [1.29, 1.82) is 0 Å². The summed E-state index contributed by atoms with van der Waals surface area (Å²) in [5.41, 5.74) is 0.424. The molecule has 0 radical (unpaired) electrons. The smallest absolute Gasteiger partial charge is 0.266 e. The van der Waals surface area contributed by atoms with Gasteiger partial charge >= 0.3 is 0 Å². The molecular weight excluding hydrogens is 383 g/mol. The number of halogens is 1. The molecule has 0 saturated heterocycles. The third-order valence-corrected chi connectivity index (χ3v) is 4.85. The SMILES string of the molecule is C#CCSc1nc2c(OC)c(OC)c(OC)cc2c(=O)n1-c1ccc(F)cc1. The fourth-order valence-electron chi connectivity index (χ4n) is 2.79. The Kier molecular flexibility index (Phi) is 5.76. The summed E-state index contributed by atoms with van der Waals surface area (Å²) >= 11 is 1.21. The third-order valence-electron chi connectivity index (χ3n) is 4.01. The molecule has 0 aliphatic heterocycles. The van der Waals surface area contributed by atoms with Crippen molar-refractivity contribution in [2.75, 3.05) is 27.1 Å². The number of methoxy groups -OCH3 is 3. The van der Waals surface area contributed by atoms with E-state index < -0.39 is 5.82 Å². The van der Waals surface area contributed by atoms with Crippen LogP contribution in [0.5, 0.6) is 17.2 Å². The first-order chi connectivity index (χ1) is 13.5. The van der Waals surface area contributed by atoms with Crippen LogP contribution in [0.2, 0.25) is 0 Å². The molecule has 1 heterocycles. The van der Waals surface area contributed by atoms with Crippen LogP contribution >= 0.6 is 11.8 Å². The Hall–Kier alpha value is -3.18. The average molecular weight is 400 g/mol.